The van der Waals surface area contributed by atoms with E-state index in [9.17, 15) is 4.21 Å². The molecule has 0 amide bonds. The van der Waals surface area contributed by atoms with Crippen molar-refractivity contribution in [2.75, 3.05) is 30.2 Å². The summed E-state index contributed by atoms with van der Waals surface area (Å²) < 4.78 is 16.1. The van der Waals surface area contributed by atoms with Crippen molar-refractivity contribution in [3.8, 4) is 5.75 Å². The lowest BCUT2D eigenvalue weighted by Crippen LogP contribution is -2.23. The van der Waals surface area contributed by atoms with Crippen LogP contribution in [0.3, 0.4) is 0 Å². The fourth-order valence-electron chi connectivity index (χ4n) is 1.32. The Balaban J connectivity index is 2.80. The lowest BCUT2D eigenvalue weighted by molar-refractivity contribution is 0.415. The molecule has 0 aliphatic carbocycles. The van der Waals surface area contributed by atoms with Crippen LogP contribution in [0.5, 0.6) is 5.75 Å². The van der Waals surface area contributed by atoms with Gasteiger partial charge in [-0.3, -0.25) is 4.21 Å². The number of hydrogen-bond donors (Lipinski definition) is 2. The molecule has 2 atom stereocenters. The van der Waals surface area contributed by atoms with Gasteiger partial charge >= 0.3 is 0 Å². The molecular weight excluding hydrogens is 228 g/mol. The minimum atomic E-state index is -0.861. The summed E-state index contributed by atoms with van der Waals surface area (Å²) in [5, 5.41) is 3.08. The molecule has 16 heavy (non-hydrogen) atoms. The van der Waals surface area contributed by atoms with E-state index in [0.29, 0.717) is 17.3 Å². The number of nitrogens with zero attached hydrogens (tertiary/aromatic N) is 2. The van der Waals surface area contributed by atoms with E-state index in [1.165, 1.54) is 13.4 Å². The van der Waals surface area contributed by atoms with E-state index in [2.05, 4.69) is 15.3 Å². The Bertz CT molecular complexity index is 386. The van der Waals surface area contributed by atoms with Gasteiger partial charge in [0.1, 0.15) is 6.33 Å². The lowest BCUT2D eigenvalue weighted by Gasteiger charge is -2.15. The minimum Gasteiger partial charge on any atom is -0.490 e. The number of methoxy groups -OCH3 is 1. The first kappa shape index (κ1) is 12.7. The largest absolute Gasteiger partial charge is 0.490 e. The number of nitrogens with two attached hydrogens (primary N) is 1. The Kier molecular flexibility index (Phi) is 4.48. The first-order valence-electron chi connectivity index (χ1n) is 4.75. The van der Waals surface area contributed by atoms with Crippen LogP contribution in [-0.4, -0.2) is 39.3 Å². The Morgan fingerprint density at radius 1 is 1.62 bits per heavy atom. The zero-order valence-electron chi connectivity index (χ0n) is 9.56. The molecule has 0 spiro atoms. The highest BCUT2D eigenvalue weighted by Gasteiger charge is 2.12. The Morgan fingerprint density at radius 3 is 2.88 bits per heavy atom. The van der Waals surface area contributed by atoms with Gasteiger partial charge in [-0.05, 0) is 6.92 Å². The van der Waals surface area contributed by atoms with Crippen LogP contribution in [0.1, 0.15) is 6.92 Å². The second kappa shape index (κ2) is 5.64. The molecule has 0 aromatic carbocycles. The van der Waals surface area contributed by atoms with E-state index < -0.39 is 10.8 Å². The van der Waals surface area contributed by atoms with Gasteiger partial charge in [-0.15, -0.1) is 0 Å². The molecule has 1 heterocycles. The minimum absolute atomic E-state index is 0.0223. The molecule has 3 N–H and O–H groups in total. The predicted octanol–water partition coefficient (Wildman–Crippen LogP) is 0.246. The maximum atomic E-state index is 11.0. The van der Waals surface area contributed by atoms with Crippen molar-refractivity contribution >= 4 is 22.4 Å². The molecular formula is C9H16N4O2S. The molecule has 0 aliphatic heterocycles. The Morgan fingerprint density at radius 2 is 2.31 bits per heavy atom. The summed E-state index contributed by atoms with van der Waals surface area (Å²) >= 11 is 0. The third kappa shape index (κ3) is 3.34. The van der Waals surface area contributed by atoms with Gasteiger partial charge in [0.2, 0.25) is 5.75 Å². The van der Waals surface area contributed by atoms with Crippen LogP contribution in [-0.2, 0) is 10.8 Å². The predicted molar refractivity (Wildman–Crippen MR) is 65.0 cm³/mol. The number of anilines is 2. The third-order valence-corrected chi connectivity index (χ3v) is 2.87. The molecule has 2 unspecified atom stereocenters. The second-order valence-corrected chi connectivity index (χ2v) is 4.91. The van der Waals surface area contributed by atoms with E-state index >= 15 is 0 Å². The SMILES string of the molecule is COc1c(N)ncnc1NC(C)CS(C)=O. The van der Waals surface area contributed by atoms with Crippen molar-refractivity contribution in [2.24, 2.45) is 0 Å². The van der Waals surface area contributed by atoms with E-state index in [1.54, 1.807) is 6.26 Å². The summed E-state index contributed by atoms with van der Waals surface area (Å²) in [4.78, 5) is 7.85. The summed E-state index contributed by atoms with van der Waals surface area (Å²) in [6.45, 7) is 1.92. The number of rotatable bonds is 5. The van der Waals surface area contributed by atoms with Crippen LogP contribution in [0, 0.1) is 0 Å². The van der Waals surface area contributed by atoms with E-state index in [0.717, 1.165) is 0 Å². The maximum absolute atomic E-state index is 11.0. The zero-order valence-corrected chi connectivity index (χ0v) is 10.4. The highest BCUT2D eigenvalue weighted by Crippen LogP contribution is 2.26. The fourth-order valence-corrected chi connectivity index (χ4v) is 2.11. The molecule has 1 rings (SSSR count). The van der Waals surface area contributed by atoms with Crippen molar-refractivity contribution < 1.29 is 8.95 Å². The maximum Gasteiger partial charge on any atom is 0.203 e. The molecule has 0 saturated heterocycles. The molecule has 90 valence electrons. The van der Waals surface area contributed by atoms with Crippen LogP contribution in [0.25, 0.3) is 0 Å². The highest BCUT2D eigenvalue weighted by molar-refractivity contribution is 7.84. The molecule has 0 radical (unpaired) electrons. The normalized spacial score (nSPS) is 14.2. The first-order valence-corrected chi connectivity index (χ1v) is 6.48. The Hall–Kier alpha value is -1.37. The van der Waals surface area contributed by atoms with Crippen LogP contribution in [0.15, 0.2) is 6.33 Å². The van der Waals surface area contributed by atoms with Gasteiger partial charge in [0, 0.05) is 28.9 Å². The summed E-state index contributed by atoms with van der Waals surface area (Å²) in [5.41, 5.74) is 5.63. The zero-order chi connectivity index (χ0) is 12.1. The molecule has 1 aromatic heterocycles. The van der Waals surface area contributed by atoms with Crippen molar-refractivity contribution in [3.63, 3.8) is 0 Å². The summed E-state index contributed by atoms with van der Waals surface area (Å²) in [7, 11) is 0.642. The van der Waals surface area contributed by atoms with E-state index in [1.807, 2.05) is 6.92 Å². The topological polar surface area (TPSA) is 90.1 Å². The lowest BCUT2D eigenvalue weighted by atomic mass is 10.3. The number of nitrogen functional groups attached to an aromatic ring is 1. The van der Waals surface area contributed by atoms with Gasteiger partial charge in [0.25, 0.3) is 0 Å². The van der Waals surface area contributed by atoms with Crippen molar-refractivity contribution in [1.29, 1.82) is 0 Å². The second-order valence-electron chi connectivity index (χ2n) is 3.43. The number of aromatic nitrogens is 2. The average molecular weight is 244 g/mol. The third-order valence-electron chi connectivity index (χ3n) is 1.90. The first-order chi connectivity index (χ1) is 7.54. The molecule has 0 saturated carbocycles. The van der Waals surface area contributed by atoms with Crippen LogP contribution < -0.4 is 15.8 Å². The molecule has 0 aliphatic rings. The van der Waals surface area contributed by atoms with Gasteiger partial charge in [-0.25, -0.2) is 9.97 Å². The van der Waals surface area contributed by atoms with Gasteiger partial charge in [0.05, 0.1) is 7.11 Å². The van der Waals surface area contributed by atoms with Crippen molar-refractivity contribution in [2.45, 2.75) is 13.0 Å². The smallest absolute Gasteiger partial charge is 0.203 e. The molecule has 0 bridgehead atoms. The molecule has 0 fully saturated rings. The van der Waals surface area contributed by atoms with E-state index in [-0.39, 0.29) is 11.9 Å². The fraction of sp³-hybridized carbons (Fsp3) is 0.556. The van der Waals surface area contributed by atoms with Crippen LogP contribution >= 0.6 is 0 Å². The van der Waals surface area contributed by atoms with Crippen LogP contribution in [0.2, 0.25) is 0 Å². The van der Waals surface area contributed by atoms with Crippen molar-refractivity contribution in [3.05, 3.63) is 6.33 Å². The van der Waals surface area contributed by atoms with E-state index in [4.69, 9.17) is 10.5 Å². The average Bonchev–Trinajstić information content (AvgIpc) is 2.16. The number of ether oxygens (including phenoxy) is 1. The standard InChI is InChI=1S/C9H16N4O2S/c1-6(4-16(3)14)13-9-7(15-2)8(10)11-5-12-9/h5-6H,4H2,1-3H3,(H3,10,11,12,13). The quantitative estimate of drug-likeness (QED) is 0.771. The molecule has 7 heteroatoms. The monoisotopic (exact) mass is 244 g/mol. The van der Waals surface area contributed by atoms with Gasteiger partial charge in [0.15, 0.2) is 11.6 Å². The van der Waals surface area contributed by atoms with Crippen molar-refractivity contribution in [1.82, 2.24) is 9.97 Å². The summed E-state index contributed by atoms with van der Waals surface area (Å²) in [6, 6.07) is 0.0223. The number of nitrogens with one attached hydrogen (secondary N) is 1. The Labute approximate surface area is 97.1 Å². The highest BCUT2D eigenvalue weighted by atomic mass is 32.2. The van der Waals surface area contributed by atoms with Gasteiger partial charge in [-0.1, -0.05) is 0 Å². The number of hydrogen-bond acceptors (Lipinski definition) is 6. The summed E-state index contributed by atoms with van der Waals surface area (Å²) in [6.07, 6.45) is 3.01. The van der Waals surface area contributed by atoms with Gasteiger partial charge in [-0.2, -0.15) is 0 Å². The van der Waals surface area contributed by atoms with Crippen LogP contribution in [0.4, 0.5) is 11.6 Å². The van der Waals surface area contributed by atoms with Gasteiger partial charge < -0.3 is 15.8 Å². The molecule has 6 nitrogen and oxygen atoms in total. The molecule has 1 aromatic rings. The summed E-state index contributed by atoms with van der Waals surface area (Å²) in [5.74, 6) is 1.75.